The van der Waals surface area contributed by atoms with E-state index in [0.29, 0.717) is 19.0 Å². The summed E-state index contributed by atoms with van der Waals surface area (Å²) in [5, 5.41) is 0. The first-order valence-electron chi connectivity index (χ1n) is 5.50. The highest BCUT2D eigenvalue weighted by atomic mass is 32.2. The molecule has 1 saturated carbocycles. The average molecular weight is 235 g/mol. The maximum atomic E-state index is 11.3. The van der Waals surface area contributed by atoms with Gasteiger partial charge < -0.3 is 5.73 Å². The fourth-order valence-electron chi connectivity index (χ4n) is 1.24. The highest BCUT2D eigenvalue weighted by molar-refractivity contribution is 7.87. The van der Waals surface area contributed by atoms with E-state index in [0.717, 1.165) is 25.7 Å². The fourth-order valence-corrected chi connectivity index (χ4v) is 2.41. The third kappa shape index (κ3) is 6.09. The summed E-state index contributed by atoms with van der Waals surface area (Å²) in [6.45, 7) is 3.22. The lowest BCUT2D eigenvalue weighted by atomic mass is 10.1. The fraction of sp³-hybridized carbons (Fsp3) is 1.00. The van der Waals surface area contributed by atoms with Gasteiger partial charge in [-0.2, -0.15) is 13.1 Å². The Morgan fingerprint density at radius 2 is 2.13 bits per heavy atom. The maximum absolute atomic E-state index is 11.3. The molecule has 0 saturated heterocycles. The topological polar surface area (TPSA) is 84.2 Å². The van der Waals surface area contributed by atoms with Gasteiger partial charge in [-0.15, -0.1) is 0 Å². The van der Waals surface area contributed by atoms with Gasteiger partial charge in [0.1, 0.15) is 0 Å². The molecule has 0 heterocycles. The van der Waals surface area contributed by atoms with Crippen LogP contribution in [0.25, 0.3) is 0 Å². The lowest BCUT2D eigenvalue weighted by Gasteiger charge is -2.09. The molecule has 15 heavy (non-hydrogen) atoms. The maximum Gasteiger partial charge on any atom is 0.277 e. The van der Waals surface area contributed by atoms with Crippen LogP contribution >= 0.6 is 0 Å². The molecule has 0 bridgehead atoms. The zero-order chi connectivity index (χ0) is 11.3. The third-order valence-electron chi connectivity index (χ3n) is 2.47. The molecule has 1 atom stereocenters. The molecule has 90 valence electrons. The monoisotopic (exact) mass is 235 g/mol. The van der Waals surface area contributed by atoms with E-state index in [1.54, 1.807) is 0 Å². The van der Waals surface area contributed by atoms with Crippen molar-refractivity contribution < 1.29 is 8.42 Å². The van der Waals surface area contributed by atoms with Crippen molar-refractivity contribution in [1.82, 2.24) is 9.44 Å². The standard InChI is InChI=1S/C9H21N3O2S/c1-8(7-10)3-2-6-11-15(13,14)12-9-4-5-9/h8-9,11-12H,2-7,10H2,1H3. The summed E-state index contributed by atoms with van der Waals surface area (Å²) >= 11 is 0. The minimum Gasteiger partial charge on any atom is -0.330 e. The van der Waals surface area contributed by atoms with Crippen molar-refractivity contribution in [3.8, 4) is 0 Å². The smallest absolute Gasteiger partial charge is 0.277 e. The van der Waals surface area contributed by atoms with Crippen LogP contribution in [0.1, 0.15) is 32.6 Å². The van der Waals surface area contributed by atoms with E-state index < -0.39 is 10.2 Å². The Hall–Kier alpha value is -0.170. The van der Waals surface area contributed by atoms with E-state index in [4.69, 9.17) is 5.73 Å². The van der Waals surface area contributed by atoms with Gasteiger partial charge >= 0.3 is 0 Å². The Labute approximate surface area is 92.0 Å². The van der Waals surface area contributed by atoms with Crippen LogP contribution in [-0.2, 0) is 10.2 Å². The summed E-state index contributed by atoms with van der Waals surface area (Å²) < 4.78 is 27.8. The van der Waals surface area contributed by atoms with Crippen LogP contribution in [0.2, 0.25) is 0 Å². The van der Waals surface area contributed by atoms with Crippen LogP contribution in [0.15, 0.2) is 0 Å². The lowest BCUT2D eigenvalue weighted by Crippen LogP contribution is -2.38. The van der Waals surface area contributed by atoms with Crippen LogP contribution in [0.5, 0.6) is 0 Å². The second-order valence-electron chi connectivity index (χ2n) is 4.27. The van der Waals surface area contributed by atoms with E-state index in [9.17, 15) is 8.42 Å². The van der Waals surface area contributed by atoms with Gasteiger partial charge in [0.25, 0.3) is 10.2 Å². The number of nitrogens with two attached hydrogens (primary N) is 1. The molecule has 1 fully saturated rings. The zero-order valence-electron chi connectivity index (χ0n) is 9.20. The second kappa shape index (κ2) is 5.79. The highest BCUT2D eigenvalue weighted by Crippen LogP contribution is 2.19. The Bertz CT molecular complexity index is 275. The molecule has 0 aromatic rings. The van der Waals surface area contributed by atoms with Crippen LogP contribution < -0.4 is 15.2 Å². The van der Waals surface area contributed by atoms with Crippen molar-refractivity contribution in [2.45, 2.75) is 38.6 Å². The molecule has 4 N–H and O–H groups in total. The molecule has 0 aliphatic heterocycles. The summed E-state index contributed by atoms with van der Waals surface area (Å²) in [5.74, 6) is 0.464. The van der Waals surface area contributed by atoms with E-state index >= 15 is 0 Å². The second-order valence-corrected chi connectivity index (χ2v) is 5.80. The predicted molar refractivity (Wildman–Crippen MR) is 60.5 cm³/mol. The molecular formula is C9H21N3O2S. The van der Waals surface area contributed by atoms with Gasteiger partial charge in [0.15, 0.2) is 0 Å². The van der Waals surface area contributed by atoms with Gasteiger partial charge in [-0.3, -0.25) is 0 Å². The Kier molecular flexibility index (Phi) is 4.98. The summed E-state index contributed by atoms with van der Waals surface area (Å²) in [5.41, 5.74) is 5.46. The van der Waals surface area contributed by atoms with Crippen LogP contribution in [-0.4, -0.2) is 27.5 Å². The Morgan fingerprint density at radius 3 is 2.67 bits per heavy atom. The molecule has 1 aliphatic rings. The van der Waals surface area contributed by atoms with Gasteiger partial charge in [-0.05, 0) is 38.1 Å². The lowest BCUT2D eigenvalue weighted by molar-refractivity contribution is 0.511. The number of hydrogen-bond donors (Lipinski definition) is 3. The molecule has 0 aromatic carbocycles. The first-order chi connectivity index (χ1) is 7.03. The molecule has 0 radical (unpaired) electrons. The molecule has 1 rings (SSSR count). The predicted octanol–water partition coefficient (Wildman–Crippen LogP) is -0.0522. The number of hydrogen-bond acceptors (Lipinski definition) is 3. The summed E-state index contributed by atoms with van der Waals surface area (Å²) in [6, 6.07) is 0.172. The van der Waals surface area contributed by atoms with E-state index in [1.807, 2.05) is 0 Å². The van der Waals surface area contributed by atoms with Crippen LogP contribution in [0.3, 0.4) is 0 Å². The molecule has 1 unspecified atom stereocenters. The summed E-state index contributed by atoms with van der Waals surface area (Å²) in [4.78, 5) is 0. The molecule has 6 heteroatoms. The minimum absolute atomic E-state index is 0.172. The van der Waals surface area contributed by atoms with Gasteiger partial charge in [-0.25, -0.2) is 4.72 Å². The Morgan fingerprint density at radius 1 is 1.47 bits per heavy atom. The van der Waals surface area contributed by atoms with Crippen molar-refractivity contribution in [1.29, 1.82) is 0 Å². The normalized spacial score (nSPS) is 19.1. The van der Waals surface area contributed by atoms with E-state index in [-0.39, 0.29) is 6.04 Å². The summed E-state index contributed by atoms with van der Waals surface area (Å²) in [7, 11) is -3.25. The first-order valence-corrected chi connectivity index (χ1v) is 6.99. The van der Waals surface area contributed by atoms with Crippen molar-refractivity contribution in [2.75, 3.05) is 13.1 Å². The molecule has 5 nitrogen and oxygen atoms in total. The molecular weight excluding hydrogens is 214 g/mol. The molecule has 0 aromatic heterocycles. The van der Waals surface area contributed by atoms with Crippen molar-refractivity contribution in [3.63, 3.8) is 0 Å². The number of nitrogens with one attached hydrogen (secondary N) is 2. The first kappa shape index (κ1) is 12.9. The van der Waals surface area contributed by atoms with E-state index in [2.05, 4.69) is 16.4 Å². The SMILES string of the molecule is CC(CN)CCCNS(=O)(=O)NC1CC1. The zero-order valence-corrected chi connectivity index (χ0v) is 10.0. The highest BCUT2D eigenvalue weighted by Gasteiger charge is 2.26. The molecule has 0 amide bonds. The van der Waals surface area contributed by atoms with Gasteiger partial charge in [-0.1, -0.05) is 6.92 Å². The summed E-state index contributed by atoms with van der Waals surface area (Å²) in [6.07, 6.45) is 3.72. The number of rotatable bonds is 8. The average Bonchev–Trinajstić information content (AvgIpc) is 2.95. The molecule has 1 aliphatic carbocycles. The van der Waals surface area contributed by atoms with Gasteiger partial charge in [0, 0.05) is 12.6 Å². The largest absolute Gasteiger partial charge is 0.330 e. The minimum atomic E-state index is -3.25. The van der Waals surface area contributed by atoms with Gasteiger partial charge in [0.05, 0.1) is 0 Å². The van der Waals surface area contributed by atoms with Crippen LogP contribution in [0.4, 0.5) is 0 Å². The Balaban J connectivity index is 2.07. The van der Waals surface area contributed by atoms with Crippen molar-refractivity contribution in [3.05, 3.63) is 0 Å². The third-order valence-corrected chi connectivity index (χ3v) is 3.70. The van der Waals surface area contributed by atoms with Crippen molar-refractivity contribution in [2.24, 2.45) is 11.7 Å². The van der Waals surface area contributed by atoms with E-state index in [1.165, 1.54) is 0 Å². The van der Waals surface area contributed by atoms with Crippen molar-refractivity contribution >= 4 is 10.2 Å². The van der Waals surface area contributed by atoms with Gasteiger partial charge in [0.2, 0.25) is 0 Å². The van der Waals surface area contributed by atoms with Crippen LogP contribution in [0, 0.1) is 5.92 Å². The molecule has 0 spiro atoms. The quantitative estimate of drug-likeness (QED) is 0.516.